The number of fused-ring (bicyclic) bond motifs is 2. The summed E-state index contributed by atoms with van der Waals surface area (Å²) in [7, 11) is 1.91. The van der Waals surface area contributed by atoms with Crippen LogP contribution in [0.4, 0.5) is 5.82 Å². The minimum atomic E-state index is 0.378. The zero-order valence-corrected chi connectivity index (χ0v) is 14.1. The second-order valence-electron chi connectivity index (χ2n) is 6.63. The molecule has 7 nitrogen and oxygen atoms in total. The van der Waals surface area contributed by atoms with Crippen LogP contribution in [-0.2, 0) is 7.05 Å². The number of hydrogen-bond acceptors (Lipinski definition) is 5. The fraction of sp³-hybridized carbons (Fsp3) is 0.333. The number of aryl methyl sites for hydroxylation is 1. The molecule has 1 aliphatic heterocycles. The molecule has 0 saturated carbocycles. The lowest BCUT2D eigenvalue weighted by atomic mass is 9.97. The Labute approximate surface area is 144 Å². The molecule has 0 radical (unpaired) electrons. The minimum Gasteiger partial charge on any atom is -0.355 e. The van der Waals surface area contributed by atoms with Crippen LogP contribution in [0.1, 0.15) is 24.6 Å². The topological polar surface area (TPSA) is 75.5 Å². The van der Waals surface area contributed by atoms with Crippen LogP contribution in [0.25, 0.3) is 22.1 Å². The van der Waals surface area contributed by atoms with Crippen LogP contribution < -0.4 is 4.90 Å². The fourth-order valence-corrected chi connectivity index (χ4v) is 3.76. The van der Waals surface area contributed by atoms with Gasteiger partial charge in [0.1, 0.15) is 18.0 Å². The van der Waals surface area contributed by atoms with Crippen molar-refractivity contribution in [3.05, 3.63) is 42.6 Å². The maximum atomic E-state index is 4.80. The van der Waals surface area contributed by atoms with Crippen molar-refractivity contribution >= 4 is 27.9 Å². The Hall–Kier alpha value is -2.96. The second kappa shape index (κ2) is 5.54. The predicted octanol–water partition coefficient (Wildman–Crippen LogP) is 2.62. The Morgan fingerprint density at radius 1 is 1.20 bits per heavy atom. The van der Waals surface area contributed by atoms with Gasteiger partial charge in [-0.3, -0.25) is 4.68 Å². The van der Waals surface area contributed by atoms with Gasteiger partial charge in [-0.05, 0) is 25.0 Å². The van der Waals surface area contributed by atoms with Crippen LogP contribution in [0.5, 0.6) is 0 Å². The van der Waals surface area contributed by atoms with E-state index in [9.17, 15) is 0 Å². The molecule has 126 valence electrons. The summed E-state index contributed by atoms with van der Waals surface area (Å²) in [5.41, 5.74) is 3.01. The zero-order chi connectivity index (χ0) is 16.8. The molecule has 1 saturated heterocycles. The summed E-state index contributed by atoms with van der Waals surface area (Å²) < 4.78 is 1.79. The van der Waals surface area contributed by atoms with Crippen molar-refractivity contribution in [2.75, 3.05) is 18.0 Å². The molecular weight excluding hydrogens is 314 g/mol. The summed E-state index contributed by atoms with van der Waals surface area (Å²) in [5.74, 6) is 2.42. The maximum absolute atomic E-state index is 4.80. The first kappa shape index (κ1) is 14.4. The number of nitrogens with zero attached hydrogens (tertiary/aromatic N) is 6. The third-order valence-electron chi connectivity index (χ3n) is 5.02. The van der Waals surface area contributed by atoms with Crippen LogP contribution in [0, 0.1) is 0 Å². The Kier molecular flexibility index (Phi) is 3.19. The zero-order valence-electron chi connectivity index (χ0n) is 14.1. The van der Waals surface area contributed by atoms with Crippen molar-refractivity contribution in [3.8, 4) is 0 Å². The summed E-state index contributed by atoms with van der Waals surface area (Å²) in [4.78, 5) is 19.5. The van der Waals surface area contributed by atoms with Crippen LogP contribution in [0.3, 0.4) is 0 Å². The summed E-state index contributed by atoms with van der Waals surface area (Å²) in [5, 5.41) is 5.34. The number of para-hydroxylation sites is 2. The van der Waals surface area contributed by atoms with Crippen LogP contribution in [0.15, 0.2) is 36.8 Å². The van der Waals surface area contributed by atoms with Crippen molar-refractivity contribution in [3.63, 3.8) is 0 Å². The molecule has 0 unspecified atom stereocenters. The predicted molar refractivity (Wildman–Crippen MR) is 96.6 cm³/mol. The number of aromatic amines is 1. The monoisotopic (exact) mass is 333 g/mol. The number of hydrogen-bond donors (Lipinski definition) is 1. The first-order valence-electron chi connectivity index (χ1n) is 8.62. The number of rotatable bonds is 2. The van der Waals surface area contributed by atoms with Gasteiger partial charge >= 0.3 is 0 Å². The molecule has 1 N–H and O–H groups in total. The van der Waals surface area contributed by atoms with Crippen LogP contribution in [-0.4, -0.2) is 42.8 Å². The van der Waals surface area contributed by atoms with Gasteiger partial charge in [-0.1, -0.05) is 12.1 Å². The molecule has 1 aliphatic rings. The van der Waals surface area contributed by atoms with Gasteiger partial charge < -0.3 is 9.88 Å². The van der Waals surface area contributed by atoms with Crippen molar-refractivity contribution in [1.82, 2.24) is 29.7 Å². The summed E-state index contributed by atoms with van der Waals surface area (Å²) in [6.45, 7) is 1.90. The molecule has 3 aromatic heterocycles. The highest BCUT2D eigenvalue weighted by Crippen LogP contribution is 2.31. The number of aromatic nitrogens is 6. The summed E-state index contributed by atoms with van der Waals surface area (Å²) in [6, 6.07) is 8.20. The van der Waals surface area contributed by atoms with Crippen LogP contribution >= 0.6 is 0 Å². The van der Waals surface area contributed by atoms with E-state index >= 15 is 0 Å². The average molecular weight is 333 g/mol. The molecule has 4 heterocycles. The average Bonchev–Trinajstić information content (AvgIpc) is 3.26. The van der Waals surface area contributed by atoms with E-state index in [1.165, 1.54) is 0 Å². The lowest BCUT2D eigenvalue weighted by molar-refractivity contribution is 0.493. The van der Waals surface area contributed by atoms with Crippen molar-refractivity contribution in [2.24, 2.45) is 7.05 Å². The van der Waals surface area contributed by atoms with Gasteiger partial charge in [-0.2, -0.15) is 5.10 Å². The summed E-state index contributed by atoms with van der Waals surface area (Å²) in [6.07, 6.45) is 5.74. The van der Waals surface area contributed by atoms with Gasteiger partial charge in [0.15, 0.2) is 5.65 Å². The van der Waals surface area contributed by atoms with Gasteiger partial charge in [-0.25, -0.2) is 15.0 Å². The van der Waals surface area contributed by atoms with Gasteiger partial charge in [0.25, 0.3) is 0 Å². The quantitative estimate of drug-likeness (QED) is 0.610. The van der Waals surface area contributed by atoms with Crippen molar-refractivity contribution < 1.29 is 0 Å². The van der Waals surface area contributed by atoms with E-state index < -0.39 is 0 Å². The molecule has 1 fully saturated rings. The number of imidazole rings is 1. The molecule has 1 aromatic carbocycles. The molecule has 4 aromatic rings. The van der Waals surface area contributed by atoms with Gasteiger partial charge in [0, 0.05) is 26.1 Å². The number of anilines is 1. The molecule has 1 atom stereocenters. The molecular formula is C18H19N7. The Morgan fingerprint density at radius 3 is 3.04 bits per heavy atom. The van der Waals surface area contributed by atoms with E-state index in [-0.39, 0.29) is 0 Å². The van der Waals surface area contributed by atoms with E-state index in [2.05, 4.69) is 37.1 Å². The molecule has 0 amide bonds. The molecule has 0 bridgehead atoms. The van der Waals surface area contributed by atoms with E-state index in [4.69, 9.17) is 4.98 Å². The van der Waals surface area contributed by atoms with Gasteiger partial charge in [0.05, 0.1) is 22.6 Å². The molecule has 25 heavy (non-hydrogen) atoms. The standard InChI is InChI=1S/C18H19N7/c1-24-17-13(9-21-24)18(20-11-19-17)25-8-4-5-12(10-25)16-22-14-6-2-3-7-15(14)23-16/h2-3,6-7,9,11-12H,4-5,8,10H2,1H3,(H,22,23)/t12-/m0/s1. The van der Waals surface area contributed by atoms with Crippen molar-refractivity contribution in [2.45, 2.75) is 18.8 Å². The highest BCUT2D eigenvalue weighted by molar-refractivity contribution is 5.86. The third-order valence-corrected chi connectivity index (χ3v) is 5.02. The molecule has 0 aliphatic carbocycles. The van der Waals surface area contributed by atoms with E-state index in [0.717, 1.165) is 59.6 Å². The number of nitrogens with one attached hydrogen (secondary N) is 1. The number of piperidine rings is 1. The van der Waals surface area contributed by atoms with Crippen molar-refractivity contribution in [1.29, 1.82) is 0 Å². The smallest absolute Gasteiger partial charge is 0.163 e. The van der Waals surface area contributed by atoms with Gasteiger partial charge in [-0.15, -0.1) is 0 Å². The lowest BCUT2D eigenvalue weighted by Crippen LogP contribution is -2.35. The highest BCUT2D eigenvalue weighted by atomic mass is 15.3. The normalized spacial score (nSPS) is 18.3. The Morgan fingerprint density at radius 2 is 2.12 bits per heavy atom. The number of benzene rings is 1. The highest BCUT2D eigenvalue weighted by Gasteiger charge is 2.26. The first-order valence-corrected chi connectivity index (χ1v) is 8.62. The van der Waals surface area contributed by atoms with Crippen LogP contribution in [0.2, 0.25) is 0 Å². The minimum absolute atomic E-state index is 0.378. The molecule has 0 spiro atoms. The first-order chi connectivity index (χ1) is 12.3. The lowest BCUT2D eigenvalue weighted by Gasteiger charge is -2.32. The maximum Gasteiger partial charge on any atom is 0.163 e. The number of H-pyrrole nitrogens is 1. The fourth-order valence-electron chi connectivity index (χ4n) is 3.76. The van der Waals surface area contributed by atoms with E-state index in [1.807, 2.05) is 25.4 Å². The molecule has 5 rings (SSSR count). The van der Waals surface area contributed by atoms with Gasteiger partial charge in [0.2, 0.25) is 0 Å². The van der Waals surface area contributed by atoms with E-state index in [1.54, 1.807) is 11.0 Å². The Bertz CT molecular complexity index is 1010. The van der Waals surface area contributed by atoms with E-state index in [0.29, 0.717) is 5.92 Å². The second-order valence-corrected chi connectivity index (χ2v) is 6.63. The third kappa shape index (κ3) is 2.34. The SMILES string of the molecule is Cn1ncc2c(N3CCC[C@H](c4nc5ccccc5[nH]4)C3)ncnc21. The summed E-state index contributed by atoms with van der Waals surface area (Å²) >= 11 is 0. The largest absolute Gasteiger partial charge is 0.355 e. The Balaban J connectivity index is 1.49. The molecule has 7 heteroatoms.